The summed E-state index contributed by atoms with van der Waals surface area (Å²) in [6, 6.07) is 9.24. The van der Waals surface area contributed by atoms with Gasteiger partial charge in [0.25, 0.3) is 10.0 Å². The summed E-state index contributed by atoms with van der Waals surface area (Å²) in [4.78, 5) is 17.5. The van der Waals surface area contributed by atoms with Crippen molar-refractivity contribution in [3.8, 4) is 5.75 Å². The predicted molar refractivity (Wildman–Crippen MR) is 154 cm³/mol. The van der Waals surface area contributed by atoms with Gasteiger partial charge in [0.1, 0.15) is 22.1 Å². The molecule has 1 fully saturated rings. The lowest BCUT2D eigenvalue weighted by Crippen LogP contribution is -2.36. The molecule has 9 nitrogen and oxygen atoms in total. The SMILES string of the molecule is COc1ccc(CN(c2nccs2)S(=O)(=O)c2cc(Cl)c(N3CC[C@@H](CNC(=O)OC(C)(C)C)C3)cc2F)cc1. The van der Waals surface area contributed by atoms with Crippen molar-refractivity contribution in [1.29, 1.82) is 0 Å². The number of amides is 1. The minimum absolute atomic E-state index is 0.0584. The molecule has 1 aromatic heterocycles. The zero-order valence-corrected chi connectivity index (χ0v) is 25.1. The number of nitrogens with zero attached hydrogens (tertiary/aromatic N) is 3. The molecule has 0 unspecified atom stereocenters. The van der Waals surface area contributed by atoms with Gasteiger partial charge in [-0.2, -0.15) is 0 Å². The van der Waals surface area contributed by atoms with E-state index in [9.17, 15) is 13.2 Å². The number of halogens is 2. The molecule has 13 heteroatoms. The average molecular weight is 611 g/mol. The van der Waals surface area contributed by atoms with Gasteiger partial charge in [0, 0.05) is 37.3 Å². The van der Waals surface area contributed by atoms with Crippen LogP contribution >= 0.6 is 22.9 Å². The summed E-state index contributed by atoms with van der Waals surface area (Å²) < 4.78 is 54.6. The Morgan fingerprint density at radius 3 is 2.62 bits per heavy atom. The molecular formula is C27H32ClFN4O5S2. The molecular weight excluding hydrogens is 579 g/mol. The van der Waals surface area contributed by atoms with Gasteiger partial charge in [-0.1, -0.05) is 23.7 Å². The molecule has 0 aliphatic carbocycles. The first kappa shape index (κ1) is 29.9. The van der Waals surface area contributed by atoms with Gasteiger partial charge in [-0.05, 0) is 56.9 Å². The molecule has 2 heterocycles. The van der Waals surface area contributed by atoms with E-state index in [0.717, 1.165) is 34.2 Å². The summed E-state index contributed by atoms with van der Waals surface area (Å²) in [5.74, 6) is -0.184. The predicted octanol–water partition coefficient (Wildman–Crippen LogP) is 5.69. The van der Waals surface area contributed by atoms with Crippen molar-refractivity contribution in [1.82, 2.24) is 10.3 Å². The van der Waals surface area contributed by atoms with E-state index in [1.54, 1.807) is 57.5 Å². The Hall–Kier alpha value is -3.09. The molecule has 1 N–H and O–H groups in total. The Labute approximate surface area is 242 Å². The van der Waals surface area contributed by atoms with Crippen LogP contribution in [0.5, 0.6) is 5.75 Å². The number of alkyl carbamates (subject to hydrolysis) is 1. The molecule has 0 bridgehead atoms. The Morgan fingerprint density at radius 2 is 2.00 bits per heavy atom. The van der Waals surface area contributed by atoms with Crippen LogP contribution in [0.4, 0.5) is 20.0 Å². The van der Waals surface area contributed by atoms with Crippen molar-refractivity contribution in [3.63, 3.8) is 0 Å². The van der Waals surface area contributed by atoms with Crippen LogP contribution in [0.2, 0.25) is 5.02 Å². The third-order valence-corrected chi connectivity index (χ3v) is 9.21. The van der Waals surface area contributed by atoms with E-state index in [0.29, 0.717) is 36.6 Å². The normalized spacial score (nSPS) is 15.7. The lowest BCUT2D eigenvalue weighted by molar-refractivity contribution is 0.0520. The van der Waals surface area contributed by atoms with Crippen LogP contribution in [0.1, 0.15) is 32.8 Å². The van der Waals surface area contributed by atoms with Gasteiger partial charge in [0.15, 0.2) is 5.13 Å². The molecule has 0 spiro atoms. The van der Waals surface area contributed by atoms with E-state index in [4.69, 9.17) is 21.1 Å². The quantitative estimate of drug-likeness (QED) is 0.332. The van der Waals surface area contributed by atoms with E-state index in [-0.39, 0.29) is 22.6 Å². The molecule has 0 radical (unpaired) electrons. The number of carbonyl (C=O) groups is 1. The van der Waals surface area contributed by atoms with Crippen LogP contribution in [0.3, 0.4) is 0 Å². The molecule has 1 amide bonds. The van der Waals surface area contributed by atoms with Gasteiger partial charge in [0.05, 0.1) is 24.4 Å². The molecule has 1 aliphatic rings. The molecule has 0 saturated carbocycles. The summed E-state index contributed by atoms with van der Waals surface area (Å²) in [7, 11) is -2.82. The number of sulfonamides is 1. The summed E-state index contributed by atoms with van der Waals surface area (Å²) >= 11 is 7.68. The number of hydrogen-bond donors (Lipinski definition) is 1. The number of anilines is 2. The number of ether oxygens (including phenoxy) is 2. The first-order chi connectivity index (χ1) is 18.9. The topological polar surface area (TPSA) is 101 Å². The Bertz CT molecular complexity index is 1430. The fourth-order valence-corrected chi connectivity index (χ4v) is 7.03. The van der Waals surface area contributed by atoms with Crippen molar-refractivity contribution in [2.24, 2.45) is 5.92 Å². The highest BCUT2D eigenvalue weighted by Crippen LogP contribution is 2.36. The number of hydrogen-bond acceptors (Lipinski definition) is 8. The van der Waals surface area contributed by atoms with Gasteiger partial charge in [-0.25, -0.2) is 26.9 Å². The fraction of sp³-hybridized carbons (Fsp3) is 0.407. The second-order valence-corrected chi connectivity index (χ2v) is 13.5. The molecule has 1 atom stereocenters. The molecule has 40 heavy (non-hydrogen) atoms. The summed E-state index contributed by atoms with van der Waals surface area (Å²) in [5, 5.41) is 4.74. The second kappa shape index (κ2) is 12.2. The summed E-state index contributed by atoms with van der Waals surface area (Å²) in [6.07, 6.45) is 1.74. The molecule has 2 aromatic carbocycles. The van der Waals surface area contributed by atoms with Crippen LogP contribution in [0.25, 0.3) is 0 Å². The summed E-state index contributed by atoms with van der Waals surface area (Å²) in [6.45, 7) is 6.81. The third-order valence-electron chi connectivity index (χ3n) is 6.25. The van der Waals surface area contributed by atoms with Gasteiger partial charge in [-0.3, -0.25) is 0 Å². The number of benzene rings is 2. The number of rotatable bonds is 9. The monoisotopic (exact) mass is 610 g/mol. The molecule has 1 saturated heterocycles. The maximum atomic E-state index is 15.5. The van der Waals surface area contributed by atoms with Crippen molar-refractivity contribution >= 4 is 49.9 Å². The molecule has 1 aliphatic heterocycles. The molecule has 3 aromatic rings. The molecule has 216 valence electrons. The fourth-order valence-electron chi connectivity index (χ4n) is 4.33. The van der Waals surface area contributed by atoms with Crippen LogP contribution in [-0.4, -0.2) is 51.8 Å². The lowest BCUT2D eigenvalue weighted by atomic mass is 10.1. The van der Waals surface area contributed by atoms with Crippen molar-refractivity contribution in [3.05, 3.63) is 64.4 Å². The largest absolute Gasteiger partial charge is 0.497 e. The van der Waals surface area contributed by atoms with Crippen LogP contribution < -0.4 is 19.3 Å². The first-order valence-corrected chi connectivity index (χ1v) is 15.3. The van der Waals surface area contributed by atoms with E-state index in [1.165, 1.54) is 6.20 Å². The highest BCUT2D eigenvalue weighted by molar-refractivity contribution is 7.93. The number of thiazole rings is 1. The van der Waals surface area contributed by atoms with E-state index in [1.807, 2.05) is 4.90 Å². The van der Waals surface area contributed by atoms with Crippen molar-refractivity contribution in [2.75, 3.05) is 35.9 Å². The zero-order chi connectivity index (χ0) is 29.1. The minimum atomic E-state index is -4.36. The maximum absolute atomic E-state index is 15.5. The Morgan fingerprint density at radius 1 is 1.27 bits per heavy atom. The number of nitrogens with one attached hydrogen (secondary N) is 1. The average Bonchev–Trinajstić information content (AvgIpc) is 3.59. The highest BCUT2D eigenvalue weighted by Gasteiger charge is 2.33. The smallest absolute Gasteiger partial charge is 0.407 e. The Balaban J connectivity index is 1.52. The van der Waals surface area contributed by atoms with E-state index in [2.05, 4.69) is 10.3 Å². The minimum Gasteiger partial charge on any atom is -0.497 e. The lowest BCUT2D eigenvalue weighted by Gasteiger charge is -2.24. The first-order valence-electron chi connectivity index (χ1n) is 12.6. The van der Waals surface area contributed by atoms with E-state index < -0.39 is 32.4 Å². The van der Waals surface area contributed by atoms with Crippen LogP contribution in [0.15, 0.2) is 52.9 Å². The van der Waals surface area contributed by atoms with Crippen molar-refractivity contribution in [2.45, 2.75) is 44.2 Å². The Kier molecular flexibility index (Phi) is 9.11. The summed E-state index contributed by atoms with van der Waals surface area (Å²) in [5.41, 5.74) is 0.475. The third kappa shape index (κ3) is 7.15. The van der Waals surface area contributed by atoms with Crippen LogP contribution in [0, 0.1) is 11.7 Å². The number of aromatic nitrogens is 1. The van der Waals surface area contributed by atoms with E-state index >= 15 is 4.39 Å². The molecule has 4 rings (SSSR count). The zero-order valence-electron chi connectivity index (χ0n) is 22.7. The maximum Gasteiger partial charge on any atom is 0.407 e. The van der Waals surface area contributed by atoms with Gasteiger partial charge in [-0.15, -0.1) is 11.3 Å². The van der Waals surface area contributed by atoms with Crippen molar-refractivity contribution < 1.29 is 27.1 Å². The number of methoxy groups -OCH3 is 1. The van der Waals surface area contributed by atoms with Crippen LogP contribution in [-0.2, 0) is 21.3 Å². The van der Waals surface area contributed by atoms with Gasteiger partial charge < -0.3 is 19.7 Å². The standard InChI is InChI=1S/C27H32ClFN4O5S2/c1-27(2,3)38-26(34)31-15-19-9-11-32(16-19)23-14-22(29)24(13-21(23)28)40(35,36)33(25-30-10-12-39-25)17-18-5-7-20(37-4)8-6-18/h5-8,10,12-14,19H,9,11,15-17H2,1-4H3,(H,31,34)/t19-/m0/s1. The second-order valence-electron chi connectivity index (χ2n) is 10.4. The highest BCUT2D eigenvalue weighted by atomic mass is 35.5. The number of carbonyl (C=O) groups excluding carboxylic acids is 1. The van der Waals surface area contributed by atoms with Gasteiger partial charge in [0.2, 0.25) is 0 Å². The van der Waals surface area contributed by atoms with Gasteiger partial charge >= 0.3 is 6.09 Å².